The first-order valence-electron chi connectivity index (χ1n) is 21.0. The number of carbonyl (C=O) groups is 5. The highest BCUT2D eigenvalue weighted by molar-refractivity contribution is 6.99. The molecular weight excluding hydrogens is 761 g/mol. The van der Waals surface area contributed by atoms with Crippen LogP contribution in [0.4, 0.5) is 0 Å². The maximum atomic E-state index is 14.8. The lowest BCUT2D eigenvalue weighted by molar-refractivity contribution is -0.136. The van der Waals surface area contributed by atoms with Gasteiger partial charge in [-0.2, -0.15) is 0 Å². The van der Waals surface area contributed by atoms with Crippen molar-refractivity contribution in [3.05, 3.63) is 96.6 Å². The van der Waals surface area contributed by atoms with Crippen molar-refractivity contribution < 1.29 is 33.1 Å². The van der Waals surface area contributed by atoms with Crippen LogP contribution in [0.15, 0.2) is 91.0 Å². The molecule has 0 saturated carbocycles. The number of Topliss-reactive ketones (excluding diaryl/α,β-unsaturated/α-hetero) is 1. The van der Waals surface area contributed by atoms with Crippen LogP contribution in [0, 0.1) is 11.8 Å². The molecule has 4 amide bonds. The molecule has 1 fully saturated rings. The Morgan fingerprint density at radius 1 is 0.678 bits per heavy atom. The zero-order valence-electron chi connectivity index (χ0n) is 36.6. The highest BCUT2D eigenvalue weighted by Crippen LogP contribution is 2.38. The van der Waals surface area contributed by atoms with Gasteiger partial charge in [0.1, 0.15) is 23.7 Å². The minimum atomic E-state index is -3.26. The number of benzene rings is 3. The molecule has 12 heteroatoms. The maximum absolute atomic E-state index is 14.8. The van der Waals surface area contributed by atoms with Crippen LogP contribution in [0.2, 0.25) is 5.04 Å². The highest BCUT2D eigenvalue weighted by atomic mass is 28.4. The van der Waals surface area contributed by atoms with E-state index in [-0.39, 0.29) is 36.6 Å². The van der Waals surface area contributed by atoms with E-state index in [1.54, 1.807) is 13.8 Å². The first-order chi connectivity index (χ1) is 27.8. The predicted molar refractivity (Wildman–Crippen MR) is 235 cm³/mol. The minimum Gasteiger partial charge on any atom is -0.402 e. The van der Waals surface area contributed by atoms with E-state index in [0.29, 0.717) is 19.3 Å². The summed E-state index contributed by atoms with van der Waals surface area (Å²) in [5.74, 6) is -2.23. The van der Waals surface area contributed by atoms with Crippen molar-refractivity contribution >= 4 is 48.1 Å². The third kappa shape index (κ3) is 12.7. The van der Waals surface area contributed by atoms with E-state index in [1.165, 1.54) is 6.92 Å². The minimum absolute atomic E-state index is 0.0278. The van der Waals surface area contributed by atoms with Crippen LogP contribution in [-0.2, 0) is 39.6 Å². The first-order valence-corrected chi connectivity index (χ1v) is 22.9. The second-order valence-corrected chi connectivity index (χ2v) is 22.3. The quantitative estimate of drug-likeness (QED) is 0.0872. The third-order valence-electron chi connectivity index (χ3n) is 10.9. The van der Waals surface area contributed by atoms with Crippen molar-refractivity contribution in [3.63, 3.8) is 0 Å². The number of amides is 4. The molecule has 4 rings (SSSR count). The van der Waals surface area contributed by atoms with Gasteiger partial charge >= 0.3 is 0 Å². The van der Waals surface area contributed by atoms with Gasteiger partial charge in [-0.05, 0) is 72.3 Å². The summed E-state index contributed by atoms with van der Waals surface area (Å²) in [4.78, 5) is 69.3. The molecular formula is C47H66N4O7Si. The lowest BCUT2D eigenvalue weighted by Crippen LogP contribution is -2.70. The Bertz CT molecular complexity index is 1820. The van der Waals surface area contributed by atoms with Gasteiger partial charge in [-0.25, -0.2) is 0 Å². The van der Waals surface area contributed by atoms with Crippen LogP contribution in [0.5, 0.6) is 0 Å². The van der Waals surface area contributed by atoms with E-state index in [0.717, 1.165) is 15.9 Å². The molecule has 0 spiro atoms. The Morgan fingerprint density at radius 3 is 1.59 bits per heavy atom. The lowest BCUT2D eigenvalue weighted by Gasteiger charge is -2.45. The average Bonchev–Trinajstić information content (AvgIpc) is 3.94. The van der Waals surface area contributed by atoms with Crippen molar-refractivity contribution in [1.29, 1.82) is 0 Å². The van der Waals surface area contributed by atoms with E-state index < -0.39 is 66.9 Å². The Morgan fingerprint density at radius 2 is 1.14 bits per heavy atom. The van der Waals surface area contributed by atoms with E-state index in [2.05, 4.69) is 66.3 Å². The smallest absolute Gasteiger partial charge is 0.261 e. The molecule has 4 N–H and O–H groups in total. The number of hydrogen-bond donors (Lipinski definition) is 4. The number of ketones is 1. The fourth-order valence-electron chi connectivity index (χ4n) is 7.72. The van der Waals surface area contributed by atoms with Gasteiger partial charge in [-0.15, -0.1) is 0 Å². The molecule has 1 aliphatic heterocycles. The van der Waals surface area contributed by atoms with Crippen molar-refractivity contribution in [2.24, 2.45) is 11.8 Å². The molecule has 3 aromatic carbocycles. The van der Waals surface area contributed by atoms with E-state index >= 15 is 0 Å². The fourth-order valence-corrected chi connectivity index (χ4v) is 12.4. The van der Waals surface area contributed by atoms with Gasteiger partial charge in [0, 0.05) is 6.92 Å². The van der Waals surface area contributed by atoms with Crippen LogP contribution in [0.1, 0.15) is 94.1 Å². The highest BCUT2D eigenvalue weighted by Gasteiger charge is 2.53. The number of epoxide rings is 1. The van der Waals surface area contributed by atoms with Crippen LogP contribution in [0.3, 0.4) is 0 Å². The van der Waals surface area contributed by atoms with E-state index in [9.17, 15) is 24.0 Å². The lowest BCUT2D eigenvalue weighted by atomic mass is 9.93. The Balaban J connectivity index is 1.74. The summed E-state index contributed by atoms with van der Waals surface area (Å²) < 4.78 is 12.9. The van der Waals surface area contributed by atoms with Crippen LogP contribution in [-0.4, -0.2) is 80.2 Å². The molecule has 0 radical (unpaired) electrons. The zero-order chi connectivity index (χ0) is 43.5. The van der Waals surface area contributed by atoms with Crippen molar-refractivity contribution in [3.8, 4) is 0 Å². The molecule has 0 unspecified atom stereocenters. The summed E-state index contributed by atoms with van der Waals surface area (Å²) in [6, 6.07) is 25.5. The summed E-state index contributed by atoms with van der Waals surface area (Å²) in [5.41, 5.74) is 0.0209. The number of nitrogens with one attached hydrogen (secondary N) is 4. The monoisotopic (exact) mass is 826 g/mol. The fraction of sp³-hybridized carbons (Fsp3) is 0.511. The largest absolute Gasteiger partial charge is 0.402 e. The van der Waals surface area contributed by atoms with Crippen LogP contribution >= 0.6 is 0 Å². The van der Waals surface area contributed by atoms with Crippen molar-refractivity contribution in [2.75, 3.05) is 6.61 Å². The summed E-state index contributed by atoms with van der Waals surface area (Å²) in [7, 11) is -3.26. The average molecular weight is 827 g/mol. The molecule has 1 saturated heterocycles. The second-order valence-electron chi connectivity index (χ2n) is 18.0. The van der Waals surface area contributed by atoms with E-state index in [1.807, 2.05) is 94.4 Å². The molecule has 3 aromatic rings. The summed E-state index contributed by atoms with van der Waals surface area (Å²) in [6.45, 7) is 19.3. The number of hydrogen-bond acceptors (Lipinski definition) is 7. The SMILES string of the molecule is CC(=O)N[C@@H](CCc1ccccc1)C(=O)N[C@@H](CC(C)C)C(=O)N[C@H](C(=O)N[C@@H](CC(C)C)C(=O)[C@@]1(C)CO1)[C@@H](C)O[Si](c1ccccc1)(c1ccccc1)C(C)(C)C. The predicted octanol–water partition coefficient (Wildman–Crippen LogP) is 4.99. The Kier molecular flexibility index (Phi) is 16.4. The molecule has 59 heavy (non-hydrogen) atoms. The van der Waals surface area contributed by atoms with Crippen LogP contribution < -0.4 is 31.6 Å². The van der Waals surface area contributed by atoms with E-state index in [4.69, 9.17) is 9.16 Å². The summed E-state index contributed by atoms with van der Waals surface area (Å²) in [6.07, 6.45) is 0.550. The molecule has 320 valence electrons. The molecule has 0 bridgehead atoms. The van der Waals surface area contributed by atoms with Gasteiger partial charge in [0.25, 0.3) is 8.32 Å². The first kappa shape index (κ1) is 47.0. The molecule has 1 heterocycles. The zero-order valence-corrected chi connectivity index (χ0v) is 37.6. The van der Waals surface area contributed by atoms with Crippen LogP contribution in [0.25, 0.3) is 0 Å². The Labute approximate surface area is 352 Å². The van der Waals surface area contributed by atoms with Crippen molar-refractivity contribution in [1.82, 2.24) is 21.3 Å². The van der Waals surface area contributed by atoms with Gasteiger partial charge in [-0.3, -0.25) is 24.0 Å². The molecule has 0 aromatic heterocycles. The molecule has 6 atom stereocenters. The third-order valence-corrected chi connectivity index (χ3v) is 16.0. The van der Waals surface area contributed by atoms with Gasteiger partial charge in [0.05, 0.1) is 18.8 Å². The standard InChI is InChI=1S/C47H66N4O7Si/c1-31(2)28-39(42(53)47(10)30-57-47)49-45(56)41(33(5)58-59(46(7,8)9,36-22-16-12-17-23-36)37-24-18-13-19-25-37)51-44(55)40(29-32(3)4)50-43(54)38(48-34(6)52)27-26-35-20-14-11-15-21-35/h11-25,31-33,38-41H,26-30H2,1-10H3,(H,48,52)(H,49,56)(H,50,54)(H,51,55)/t33-,38+,39+,40+,41+,47-/m1/s1. The molecule has 1 aliphatic rings. The normalized spacial score (nSPS) is 17.9. The molecule has 0 aliphatic carbocycles. The number of rotatable bonds is 21. The van der Waals surface area contributed by atoms with Gasteiger partial charge < -0.3 is 30.4 Å². The van der Waals surface area contributed by atoms with Gasteiger partial charge in [-0.1, -0.05) is 139 Å². The van der Waals surface area contributed by atoms with Crippen molar-refractivity contribution in [2.45, 2.75) is 136 Å². The van der Waals surface area contributed by atoms with Gasteiger partial charge in [0.2, 0.25) is 23.6 Å². The maximum Gasteiger partial charge on any atom is 0.261 e. The summed E-state index contributed by atoms with van der Waals surface area (Å²) >= 11 is 0. The number of ether oxygens (including phenoxy) is 1. The van der Waals surface area contributed by atoms with Gasteiger partial charge in [0.15, 0.2) is 5.78 Å². The number of carbonyl (C=O) groups excluding carboxylic acids is 5. The summed E-state index contributed by atoms with van der Waals surface area (Å²) in [5, 5.41) is 13.2. The molecule has 11 nitrogen and oxygen atoms in total. The Hall–Kier alpha value is -4.65. The number of aryl methyl sites for hydroxylation is 1. The topological polar surface area (TPSA) is 155 Å². The second kappa shape index (κ2) is 20.5.